The van der Waals surface area contributed by atoms with Crippen LogP contribution in [0.3, 0.4) is 0 Å². The van der Waals surface area contributed by atoms with E-state index in [0.29, 0.717) is 5.69 Å². The number of anilines is 1. The summed E-state index contributed by atoms with van der Waals surface area (Å²) in [7, 11) is 0. The summed E-state index contributed by atoms with van der Waals surface area (Å²) in [4.78, 5) is 22.7. The molecule has 0 saturated heterocycles. The van der Waals surface area contributed by atoms with Crippen LogP contribution in [0.4, 0.5) is 5.82 Å². The van der Waals surface area contributed by atoms with E-state index in [4.69, 9.17) is 0 Å². The van der Waals surface area contributed by atoms with Crippen molar-refractivity contribution in [2.45, 2.75) is 32.9 Å². The van der Waals surface area contributed by atoms with Gasteiger partial charge in [-0.1, -0.05) is 24.3 Å². The predicted octanol–water partition coefficient (Wildman–Crippen LogP) is 2.18. The molecule has 114 valence electrons. The minimum Gasteiger partial charge on any atom is -0.351 e. The van der Waals surface area contributed by atoms with Crippen LogP contribution < -0.4 is 10.2 Å². The van der Waals surface area contributed by atoms with E-state index < -0.39 is 0 Å². The molecule has 5 heteroatoms. The lowest BCUT2D eigenvalue weighted by atomic mass is 10.0. The van der Waals surface area contributed by atoms with Gasteiger partial charge in [0.1, 0.15) is 11.5 Å². The van der Waals surface area contributed by atoms with E-state index >= 15 is 0 Å². The SMILES string of the molecule is CC(C)NC(=O)c1cnc(N2CCc3ccccc3C2)cn1. The molecule has 1 amide bonds. The highest BCUT2D eigenvalue weighted by atomic mass is 16.1. The third-order valence-corrected chi connectivity index (χ3v) is 3.75. The van der Waals surface area contributed by atoms with E-state index in [9.17, 15) is 4.79 Å². The Bertz CT molecular complexity index is 667. The van der Waals surface area contributed by atoms with Gasteiger partial charge < -0.3 is 10.2 Å². The molecule has 22 heavy (non-hydrogen) atoms. The second kappa shape index (κ2) is 6.13. The maximum atomic E-state index is 11.9. The van der Waals surface area contributed by atoms with E-state index in [-0.39, 0.29) is 11.9 Å². The fraction of sp³-hybridized carbons (Fsp3) is 0.353. The molecule has 1 aromatic carbocycles. The normalized spacial score (nSPS) is 13.9. The van der Waals surface area contributed by atoms with Gasteiger partial charge in [-0.2, -0.15) is 0 Å². The summed E-state index contributed by atoms with van der Waals surface area (Å²) in [6.07, 6.45) is 4.24. The first-order valence-electron chi connectivity index (χ1n) is 7.58. The van der Waals surface area contributed by atoms with Crippen LogP contribution in [-0.4, -0.2) is 28.5 Å². The standard InChI is InChI=1S/C17H20N4O/c1-12(2)20-17(22)15-9-19-16(10-18-15)21-8-7-13-5-3-4-6-14(13)11-21/h3-6,9-10,12H,7-8,11H2,1-2H3,(H,20,22). The summed E-state index contributed by atoms with van der Waals surface area (Å²) < 4.78 is 0. The lowest BCUT2D eigenvalue weighted by Gasteiger charge is -2.29. The Morgan fingerprint density at radius 3 is 2.64 bits per heavy atom. The minimum atomic E-state index is -0.182. The number of hydrogen-bond donors (Lipinski definition) is 1. The van der Waals surface area contributed by atoms with Gasteiger partial charge in [0, 0.05) is 19.1 Å². The number of aromatic nitrogens is 2. The Balaban J connectivity index is 1.73. The van der Waals surface area contributed by atoms with Crippen molar-refractivity contribution in [3.8, 4) is 0 Å². The van der Waals surface area contributed by atoms with Crippen LogP contribution in [0.1, 0.15) is 35.5 Å². The number of hydrogen-bond acceptors (Lipinski definition) is 4. The molecule has 0 bridgehead atoms. The first kappa shape index (κ1) is 14.5. The van der Waals surface area contributed by atoms with Crippen LogP contribution in [0.5, 0.6) is 0 Å². The zero-order valence-electron chi connectivity index (χ0n) is 12.9. The van der Waals surface area contributed by atoms with Gasteiger partial charge in [0.25, 0.3) is 5.91 Å². The van der Waals surface area contributed by atoms with Gasteiger partial charge in [0.05, 0.1) is 12.4 Å². The molecule has 1 N–H and O–H groups in total. The molecule has 1 aliphatic rings. The highest BCUT2D eigenvalue weighted by Crippen LogP contribution is 2.22. The van der Waals surface area contributed by atoms with Crippen molar-refractivity contribution in [3.63, 3.8) is 0 Å². The average molecular weight is 296 g/mol. The van der Waals surface area contributed by atoms with Gasteiger partial charge in [-0.05, 0) is 31.4 Å². The van der Waals surface area contributed by atoms with Gasteiger partial charge in [0.2, 0.25) is 0 Å². The Morgan fingerprint density at radius 2 is 1.95 bits per heavy atom. The summed E-state index contributed by atoms with van der Waals surface area (Å²) in [5, 5.41) is 2.82. The molecule has 0 atom stereocenters. The average Bonchev–Trinajstić information content (AvgIpc) is 2.54. The maximum absolute atomic E-state index is 11.9. The summed E-state index contributed by atoms with van der Waals surface area (Å²) in [6.45, 7) is 5.60. The van der Waals surface area contributed by atoms with Crippen molar-refractivity contribution in [2.24, 2.45) is 0 Å². The maximum Gasteiger partial charge on any atom is 0.271 e. The molecule has 1 aliphatic heterocycles. The zero-order chi connectivity index (χ0) is 15.5. The number of amides is 1. The highest BCUT2D eigenvalue weighted by molar-refractivity contribution is 5.92. The minimum absolute atomic E-state index is 0.0903. The number of fused-ring (bicyclic) bond motifs is 1. The zero-order valence-corrected chi connectivity index (χ0v) is 12.9. The van der Waals surface area contributed by atoms with E-state index in [1.807, 2.05) is 13.8 Å². The second-order valence-electron chi connectivity index (χ2n) is 5.83. The Labute approximate surface area is 130 Å². The first-order valence-corrected chi connectivity index (χ1v) is 7.58. The van der Waals surface area contributed by atoms with Crippen molar-refractivity contribution >= 4 is 11.7 Å². The Morgan fingerprint density at radius 1 is 1.18 bits per heavy atom. The van der Waals surface area contributed by atoms with Crippen LogP contribution in [0, 0.1) is 0 Å². The third kappa shape index (κ3) is 3.08. The molecule has 0 fully saturated rings. The van der Waals surface area contributed by atoms with Gasteiger partial charge in [-0.3, -0.25) is 4.79 Å². The highest BCUT2D eigenvalue weighted by Gasteiger charge is 2.18. The summed E-state index contributed by atoms with van der Waals surface area (Å²) in [6, 6.07) is 8.56. The van der Waals surface area contributed by atoms with E-state index in [0.717, 1.165) is 25.3 Å². The van der Waals surface area contributed by atoms with Crippen LogP contribution in [0.25, 0.3) is 0 Å². The molecule has 0 spiro atoms. The number of rotatable bonds is 3. The fourth-order valence-corrected chi connectivity index (χ4v) is 2.63. The van der Waals surface area contributed by atoms with Crippen LogP contribution in [0.15, 0.2) is 36.7 Å². The molecule has 2 aromatic rings. The predicted molar refractivity (Wildman–Crippen MR) is 85.8 cm³/mol. The molecule has 0 aliphatic carbocycles. The molecular formula is C17H20N4O. The third-order valence-electron chi connectivity index (χ3n) is 3.75. The summed E-state index contributed by atoms with van der Waals surface area (Å²) in [5.74, 6) is 0.633. The second-order valence-corrected chi connectivity index (χ2v) is 5.83. The lowest BCUT2D eigenvalue weighted by molar-refractivity contribution is 0.0937. The van der Waals surface area contributed by atoms with Crippen molar-refractivity contribution in [1.29, 1.82) is 0 Å². The molecule has 5 nitrogen and oxygen atoms in total. The number of carbonyl (C=O) groups excluding carboxylic acids is 1. The van der Waals surface area contributed by atoms with Crippen molar-refractivity contribution in [2.75, 3.05) is 11.4 Å². The van der Waals surface area contributed by atoms with Crippen LogP contribution in [0.2, 0.25) is 0 Å². The van der Waals surface area contributed by atoms with Gasteiger partial charge in [0.15, 0.2) is 0 Å². The number of benzene rings is 1. The van der Waals surface area contributed by atoms with Gasteiger partial charge >= 0.3 is 0 Å². The van der Waals surface area contributed by atoms with Gasteiger partial charge in [-0.25, -0.2) is 9.97 Å². The number of nitrogens with one attached hydrogen (secondary N) is 1. The summed E-state index contributed by atoms with van der Waals surface area (Å²) >= 11 is 0. The monoisotopic (exact) mass is 296 g/mol. The fourth-order valence-electron chi connectivity index (χ4n) is 2.63. The van der Waals surface area contributed by atoms with Crippen LogP contribution in [-0.2, 0) is 13.0 Å². The van der Waals surface area contributed by atoms with Crippen LogP contribution >= 0.6 is 0 Å². The quantitative estimate of drug-likeness (QED) is 0.943. The van der Waals surface area contributed by atoms with Crippen molar-refractivity contribution in [1.82, 2.24) is 15.3 Å². The Kier molecular flexibility index (Phi) is 4.04. The summed E-state index contributed by atoms with van der Waals surface area (Å²) in [5.41, 5.74) is 3.09. The molecule has 2 heterocycles. The van der Waals surface area contributed by atoms with E-state index in [2.05, 4.69) is 44.5 Å². The molecule has 0 unspecified atom stereocenters. The van der Waals surface area contributed by atoms with E-state index in [1.54, 1.807) is 12.4 Å². The molecule has 1 aromatic heterocycles. The largest absolute Gasteiger partial charge is 0.351 e. The molecule has 3 rings (SSSR count). The first-order chi connectivity index (χ1) is 10.6. The molecular weight excluding hydrogens is 276 g/mol. The topological polar surface area (TPSA) is 58.1 Å². The smallest absolute Gasteiger partial charge is 0.271 e. The lowest BCUT2D eigenvalue weighted by Crippen LogP contribution is -2.32. The Hall–Kier alpha value is -2.43. The van der Waals surface area contributed by atoms with Crippen molar-refractivity contribution in [3.05, 3.63) is 53.5 Å². The number of nitrogens with zero attached hydrogens (tertiary/aromatic N) is 3. The van der Waals surface area contributed by atoms with Gasteiger partial charge in [-0.15, -0.1) is 0 Å². The molecule has 0 radical (unpaired) electrons. The number of carbonyl (C=O) groups is 1. The molecule has 0 saturated carbocycles. The van der Waals surface area contributed by atoms with Crippen molar-refractivity contribution < 1.29 is 4.79 Å². The van der Waals surface area contributed by atoms with E-state index in [1.165, 1.54) is 11.1 Å².